The molecule has 0 unspecified atom stereocenters. The zero-order chi connectivity index (χ0) is 11.3. The molecular weight excluding hydrogens is 184 g/mol. The average Bonchev–Trinajstić information content (AvgIpc) is 2.28. The van der Waals surface area contributed by atoms with Crippen LogP contribution in [0.25, 0.3) is 0 Å². The van der Waals surface area contributed by atoms with Gasteiger partial charge < -0.3 is 0 Å². The van der Waals surface area contributed by atoms with E-state index >= 15 is 0 Å². The molecule has 0 spiro atoms. The van der Waals surface area contributed by atoms with Crippen molar-refractivity contribution < 1.29 is 4.79 Å². The van der Waals surface area contributed by atoms with Crippen LogP contribution in [0.15, 0.2) is 24.8 Å². The van der Waals surface area contributed by atoms with Gasteiger partial charge in [-0.05, 0) is 30.6 Å². The van der Waals surface area contributed by atoms with Gasteiger partial charge in [0, 0.05) is 6.42 Å². The zero-order valence-corrected chi connectivity index (χ0v) is 9.92. The second kappa shape index (κ2) is 3.07. The number of allylic oxidation sites excluding steroid dienone is 3. The predicted molar refractivity (Wildman–Crippen MR) is 62.4 cm³/mol. The first-order valence-electron chi connectivity index (χ1n) is 5.75. The van der Waals surface area contributed by atoms with Crippen LogP contribution >= 0.6 is 0 Å². The monoisotopic (exact) mass is 204 g/mol. The number of ketones is 1. The third-order valence-corrected chi connectivity index (χ3v) is 4.46. The molecule has 1 heteroatoms. The molecule has 0 aromatic heterocycles. The van der Waals surface area contributed by atoms with Crippen LogP contribution in [0.4, 0.5) is 0 Å². The minimum atomic E-state index is -0.286. The first-order valence-corrected chi connectivity index (χ1v) is 5.75. The van der Waals surface area contributed by atoms with Crippen LogP contribution in [0.2, 0.25) is 0 Å². The number of carbonyl (C=O) groups excluding carboxylic acids is 1. The second-order valence-corrected chi connectivity index (χ2v) is 5.91. The van der Waals surface area contributed by atoms with Gasteiger partial charge in [0.2, 0.25) is 0 Å². The molecular formula is C14H20O. The Hall–Kier alpha value is -0.850. The molecule has 0 radical (unpaired) electrons. The standard InChI is InChI=1S/C14H20O/c1-5-10-8-11-6-7-14(10,4)12(15)9-13(11,2)3/h5-7,10-11H,1,8-9H2,2-4H3/t10-,11+,14-/m0/s1. The average molecular weight is 204 g/mol. The SMILES string of the molecule is C=C[C@H]1C[C@H]2C=C[C@]1(C)C(=O)CC2(C)C. The number of fused-ring (bicyclic) bond motifs is 3. The Morgan fingerprint density at radius 2 is 2.13 bits per heavy atom. The third kappa shape index (κ3) is 1.40. The Morgan fingerprint density at radius 1 is 1.47 bits per heavy atom. The molecule has 0 saturated heterocycles. The van der Waals surface area contributed by atoms with Crippen molar-refractivity contribution >= 4 is 5.78 Å². The summed E-state index contributed by atoms with van der Waals surface area (Å²) in [7, 11) is 0. The van der Waals surface area contributed by atoms with E-state index in [1.165, 1.54) is 0 Å². The van der Waals surface area contributed by atoms with E-state index in [1.54, 1.807) is 0 Å². The van der Waals surface area contributed by atoms with E-state index in [0.29, 0.717) is 24.0 Å². The summed E-state index contributed by atoms with van der Waals surface area (Å²) in [6, 6.07) is 0. The Bertz CT molecular complexity index is 337. The second-order valence-electron chi connectivity index (χ2n) is 5.91. The highest BCUT2D eigenvalue weighted by molar-refractivity contribution is 5.88. The van der Waals surface area contributed by atoms with Gasteiger partial charge in [-0.15, -0.1) is 6.58 Å². The van der Waals surface area contributed by atoms with E-state index in [2.05, 4.69) is 39.5 Å². The smallest absolute Gasteiger partial charge is 0.143 e. The van der Waals surface area contributed by atoms with Crippen LogP contribution in [-0.2, 0) is 4.79 Å². The highest BCUT2D eigenvalue weighted by Gasteiger charge is 2.49. The Morgan fingerprint density at radius 3 is 2.73 bits per heavy atom. The van der Waals surface area contributed by atoms with Gasteiger partial charge in [-0.3, -0.25) is 4.79 Å². The lowest BCUT2D eigenvalue weighted by Crippen LogP contribution is -2.33. The lowest BCUT2D eigenvalue weighted by atomic mass is 9.67. The Labute approximate surface area is 92.3 Å². The van der Waals surface area contributed by atoms with Gasteiger partial charge in [0.25, 0.3) is 0 Å². The van der Waals surface area contributed by atoms with E-state index in [9.17, 15) is 4.79 Å². The first-order chi connectivity index (χ1) is 6.90. The summed E-state index contributed by atoms with van der Waals surface area (Å²) in [5.74, 6) is 1.23. The van der Waals surface area contributed by atoms with Gasteiger partial charge in [-0.2, -0.15) is 0 Å². The van der Waals surface area contributed by atoms with Crippen LogP contribution in [-0.4, -0.2) is 5.78 Å². The van der Waals surface area contributed by atoms with E-state index in [4.69, 9.17) is 0 Å². The molecule has 1 saturated carbocycles. The number of carbonyl (C=O) groups is 1. The molecule has 0 aromatic carbocycles. The maximum atomic E-state index is 12.3. The van der Waals surface area contributed by atoms with Gasteiger partial charge in [0.15, 0.2) is 0 Å². The summed E-state index contributed by atoms with van der Waals surface area (Å²) < 4.78 is 0. The molecule has 0 N–H and O–H groups in total. The summed E-state index contributed by atoms with van der Waals surface area (Å²) in [4.78, 5) is 12.3. The van der Waals surface area contributed by atoms with Gasteiger partial charge in [-0.25, -0.2) is 0 Å². The van der Waals surface area contributed by atoms with Gasteiger partial charge in [0.1, 0.15) is 5.78 Å². The fourth-order valence-corrected chi connectivity index (χ4v) is 2.99. The van der Waals surface area contributed by atoms with Crippen LogP contribution < -0.4 is 0 Å². The fourth-order valence-electron chi connectivity index (χ4n) is 2.99. The quantitative estimate of drug-likeness (QED) is 0.598. The van der Waals surface area contributed by atoms with E-state index in [1.807, 2.05) is 6.08 Å². The highest BCUT2D eigenvalue weighted by Crippen LogP contribution is 2.52. The Balaban J connectivity index is 2.50. The maximum Gasteiger partial charge on any atom is 0.143 e. The third-order valence-electron chi connectivity index (χ3n) is 4.46. The topological polar surface area (TPSA) is 17.1 Å². The van der Waals surface area contributed by atoms with Gasteiger partial charge in [-0.1, -0.05) is 32.1 Å². The van der Waals surface area contributed by atoms with Crippen LogP contribution in [0.3, 0.4) is 0 Å². The van der Waals surface area contributed by atoms with Crippen molar-refractivity contribution in [1.29, 1.82) is 0 Å². The minimum absolute atomic E-state index is 0.114. The van der Waals surface area contributed by atoms with Crippen molar-refractivity contribution in [2.45, 2.75) is 33.6 Å². The maximum absolute atomic E-state index is 12.3. The summed E-state index contributed by atoms with van der Waals surface area (Å²) in [6.45, 7) is 10.4. The van der Waals surface area contributed by atoms with Crippen LogP contribution in [0.1, 0.15) is 33.6 Å². The molecule has 0 aromatic rings. The molecule has 3 rings (SSSR count). The van der Waals surface area contributed by atoms with Crippen molar-refractivity contribution in [2.75, 3.05) is 0 Å². The van der Waals surface area contributed by atoms with Crippen molar-refractivity contribution in [3.8, 4) is 0 Å². The summed E-state index contributed by atoms with van der Waals surface area (Å²) in [5, 5.41) is 0. The molecule has 2 bridgehead atoms. The normalized spacial score (nSPS) is 42.7. The molecule has 82 valence electrons. The Kier molecular flexibility index (Phi) is 2.18. The molecule has 1 nitrogen and oxygen atoms in total. The summed E-state index contributed by atoms with van der Waals surface area (Å²) in [6.07, 6.45) is 8.13. The predicted octanol–water partition coefficient (Wildman–Crippen LogP) is 3.37. The largest absolute Gasteiger partial charge is 0.299 e. The van der Waals surface area contributed by atoms with E-state index in [0.717, 1.165) is 6.42 Å². The van der Waals surface area contributed by atoms with E-state index in [-0.39, 0.29) is 10.8 Å². The zero-order valence-electron chi connectivity index (χ0n) is 9.92. The molecule has 15 heavy (non-hydrogen) atoms. The number of hydrogen-bond donors (Lipinski definition) is 0. The highest BCUT2D eigenvalue weighted by atomic mass is 16.1. The molecule has 3 atom stereocenters. The van der Waals surface area contributed by atoms with Gasteiger partial charge in [0.05, 0.1) is 5.41 Å². The summed E-state index contributed by atoms with van der Waals surface area (Å²) in [5.41, 5.74) is -0.172. The number of Topliss-reactive ketones (excluding diaryl/α,β-unsaturated/α-hetero) is 1. The molecule has 3 aliphatic carbocycles. The molecule has 3 aliphatic rings. The molecule has 0 amide bonds. The van der Waals surface area contributed by atoms with Crippen molar-refractivity contribution in [2.24, 2.45) is 22.7 Å². The van der Waals surface area contributed by atoms with Crippen molar-refractivity contribution in [1.82, 2.24) is 0 Å². The minimum Gasteiger partial charge on any atom is -0.299 e. The van der Waals surface area contributed by atoms with Crippen LogP contribution in [0, 0.1) is 22.7 Å². The number of hydrogen-bond acceptors (Lipinski definition) is 1. The molecule has 1 fully saturated rings. The van der Waals surface area contributed by atoms with Gasteiger partial charge >= 0.3 is 0 Å². The van der Waals surface area contributed by atoms with Crippen molar-refractivity contribution in [3.63, 3.8) is 0 Å². The lowest BCUT2D eigenvalue weighted by molar-refractivity contribution is -0.127. The van der Waals surface area contributed by atoms with Crippen LogP contribution in [0.5, 0.6) is 0 Å². The molecule has 0 aliphatic heterocycles. The van der Waals surface area contributed by atoms with Crippen molar-refractivity contribution in [3.05, 3.63) is 24.8 Å². The first kappa shape index (κ1) is 10.7. The fraction of sp³-hybridized carbons (Fsp3) is 0.643. The van der Waals surface area contributed by atoms with E-state index < -0.39 is 0 Å². The lowest BCUT2D eigenvalue weighted by Gasteiger charge is -2.36. The molecule has 0 heterocycles. The summed E-state index contributed by atoms with van der Waals surface area (Å²) >= 11 is 0. The number of rotatable bonds is 1.